The van der Waals surface area contributed by atoms with Gasteiger partial charge in [-0.2, -0.15) is 0 Å². The van der Waals surface area contributed by atoms with E-state index in [0.29, 0.717) is 16.7 Å². The van der Waals surface area contributed by atoms with Gasteiger partial charge in [-0.25, -0.2) is 4.98 Å². The van der Waals surface area contributed by atoms with Gasteiger partial charge in [0.25, 0.3) is 5.91 Å². The van der Waals surface area contributed by atoms with Crippen molar-refractivity contribution in [2.75, 3.05) is 25.0 Å². The Morgan fingerprint density at radius 2 is 1.96 bits per heavy atom. The molecule has 24 heavy (non-hydrogen) atoms. The fraction of sp³-hybridized carbons (Fsp3) is 0.353. The molecule has 1 aliphatic heterocycles. The first-order chi connectivity index (χ1) is 11.6. The van der Waals surface area contributed by atoms with Gasteiger partial charge in [0.05, 0.1) is 13.1 Å². The Kier molecular flexibility index (Phi) is 5.60. The van der Waals surface area contributed by atoms with Crippen molar-refractivity contribution in [3.8, 4) is 0 Å². The van der Waals surface area contributed by atoms with Crippen LogP contribution in [0.2, 0.25) is 5.02 Å². The second-order valence-corrected chi connectivity index (χ2v) is 7.29. The lowest BCUT2D eigenvalue weighted by Gasteiger charge is -2.28. The first kappa shape index (κ1) is 17.1. The molecule has 1 fully saturated rings. The van der Waals surface area contributed by atoms with Gasteiger partial charge in [0.2, 0.25) is 0 Å². The maximum absolute atomic E-state index is 12.5. The Hall–Kier alpha value is -1.76. The summed E-state index contributed by atoms with van der Waals surface area (Å²) >= 11 is 7.27. The number of nitrogens with zero attached hydrogens (tertiary/aromatic N) is 1. The number of carbonyl (C=O) groups is 2. The van der Waals surface area contributed by atoms with E-state index >= 15 is 0 Å². The number of likely N-dealkylation sites (tertiary alicyclic amines) is 1. The molecule has 1 saturated heterocycles. The summed E-state index contributed by atoms with van der Waals surface area (Å²) in [5.74, 6) is 0.192. The normalized spacial score (nSPS) is 20.5. The lowest BCUT2D eigenvalue weighted by atomic mass is 9.89. The van der Waals surface area contributed by atoms with E-state index in [1.165, 1.54) is 16.2 Å². The smallest absolute Gasteiger partial charge is 0.281 e. The first-order valence-corrected chi connectivity index (χ1v) is 9.20. The Labute approximate surface area is 149 Å². The van der Waals surface area contributed by atoms with Gasteiger partial charge in [0.15, 0.2) is 17.5 Å². The van der Waals surface area contributed by atoms with Crippen LogP contribution in [-0.4, -0.2) is 36.3 Å². The summed E-state index contributed by atoms with van der Waals surface area (Å²) in [6.07, 6.45) is 3.28. The van der Waals surface area contributed by atoms with E-state index in [-0.39, 0.29) is 17.6 Å². The van der Waals surface area contributed by atoms with Gasteiger partial charge in [-0.15, -0.1) is 11.3 Å². The topological polar surface area (TPSA) is 63.5 Å². The standard InChI is InChI=1S/C17H18ClN3O2S/c18-14-3-1-12(2-4-14)16(23)13-5-8-21(9-6-13)11-15(22)20-17-19-7-10-24-17/h1-4,7,10,13H,5-6,8-9,11H2,(H,19,20,22)/p+1. The molecular formula is C17H19ClN3O2S+. The summed E-state index contributed by atoms with van der Waals surface area (Å²) < 4.78 is 0. The van der Waals surface area contributed by atoms with E-state index in [1.807, 2.05) is 5.38 Å². The third kappa shape index (κ3) is 4.41. The first-order valence-electron chi connectivity index (χ1n) is 7.94. The quantitative estimate of drug-likeness (QED) is 0.797. The maximum atomic E-state index is 12.5. The van der Waals surface area contributed by atoms with Crippen molar-refractivity contribution in [2.24, 2.45) is 5.92 Å². The Balaban J connectivity index is 1.47. The number of aromatic nitrogens is 1. The number of anilines is 1. The molecule has 0 aliphatic carbocycles. The zero-order valence-electron chi connectivity index (χ0n) is 13.1. The molecule has 2 aromatic rings. The summed E-state index contributed by atoms with van der Waals surface area (Å²) in [6, 6.07) is 7.06. The highest BCUT2D eigenvalue weighted by atomic mass is 35.5. The number of carbonyl (C=O) groups excluding carboxylic acids is 2. The van der Waals surface area contributed by atoms with Gasteiger partial charge in [0.1, 0.15) is 0 Å². The second-order valence-electron chi connectivity index (χ2n) is 5.96. The molecule has 1 aromatic carbocycles. The fourth-order valence-corrected chi connectivity index (χ4v) is 3.66. The number of hydrogen-bond donors (Lipinski definition) is 2. The van der Waals surface area contributed by atoms with E-state index < -0.39 is 0 Å². The molecule has 2 heterocycles. The number of hydrogen-bond acceptors (Lipinski definition) is 4. The van der Waals surface area contributed by atoms with Crippen LogP contribution in [0.4, 0.5) is 5.13 Å². The van der Waals surface area contributed by atoms with Gasteiger partial charge < -0.3 is 4.90 Å². The van der Waals surface area contributed by atoms with Crippen molar-refractivity contribution in [1.82, 2.24) is 4.98 Å². The van der Waals surface area contributed by atoms with Gasteiger partial charge in [-0.1, -0.05) is 11.6 Å². The number of quaternary nitrogens is 1. The zero-order chi connectivity index (χ0) is 16.9. The maximum Gasteiger partial charge on any atom is 0.281 e. The zero-order valence-corrected chi connectivity index (χ0v) is 14.7. The van der Waals surface area contributed by atoms with Gasteiger partial charge in [-0.05, 0) is 24.3 Å². The second kappa shape index (κ2) is 7.88. The van der Waals surface area contributed by atoms with Crippen molar-refractivity contribution in [2.45, 2.75) is 12.8 Å². The molecule has 0 atom stereocenters. The molecular weight excluding hydrogens is 346 g/mol. The van der Waals surface area contributed by atoms with Crippen LogP contribution in [0.1, 0.15) is 23.2 Å². The predicted octanol–water partition coefficient (Wildman–Crippen LogP) is 1.91. The third-order valence-corrected chi connectivity index (χ3v) is 5.22. The molecule has 7 heteroatoms. The molecule has 1 amide bonds. The number of amides is 1. The molecule has 0 saturated carbocycles. The molecule has 0 bridgehead atoms. The summed E-state index contributed by atoms with van der Waals surface area (Å²) in [6.45, 7) is 2.08. The third-order valence-electron chi connectivity index (χ3n) is 4.28. The summed E-state index contributed by atoms with van der Waals surface area (Å²) in [5.41, 5.74) is 0.717. The average Bonchev–Trinajstić information content (AvgIpc) is 3.08. The van der Waals surface area contributed by atoms with E-state index in [2.05, 4.69) is 10.3 Å². The van der Waals surface area contributed by atoms with Crippen molar-refractivity contribution in [1.29, 1.82) is 0 Å². The summed E-state index contributed by atoms with van der Waals surface area (Å²) in [5, 5.41) is 5.90. The molecule has 3 rings (SSSR count). The van der Waals surface area contributed by atoms with Crippen molar-refractivity contribution >= 4 is 39.8 Å². The average molecular weight is 365 g/mol. The number of halogens is 1. The van der Waals surface area contributed by atoms with Gasteiger partial charge in [-0.3, -0.25) is 14.9 Å². The lowest BCUT2D eigenvalue weighted by molar-refractivity contribution is -0.897. The van der Waals surface area contributed by atoms with Crippen molar-refractivity contribution < 1.29 is 14.5 Å². The molecule has 2 N–H and O–H groups in total. The van der Waals surface area contributed by atoms with Crippen LogP contribution in [0.3, 0.4) is 0 Å². The minimum atomic E-state index is -0.0255. The number of piperidine rings is 1. The lowest BCUT2D eigenvalue weighted by Crippen LogP contribution is -3.14. The number of thiazole rings is 1. The van der Waals surface area contributed by atoms with Crippen LogP contribution >= 0.6 is 22.9 Å². The van der Waals surface area contributed by atoms with E-state index in [0.717, 1.165) is 31.5 Å². The molecule has 5 nitrogen and oxygen atoms in total. The van der Waals surface area contributed by atoms with Crippen LogP contribution in [0.5, 0.6) is 0 Å². The molecule has 1 aromatic heterocycles. The monoisotopic (exact) mass is 364 g/mol. The van der Waals surface area contributed by atoms with E-state index in [4.69, 9.17) is 11.6 Å². The van der Waals surface area contributed by atoms with Gasteiger partial charge >= 0.3 is 0 Å². The highest BCUT2D eigenvalue weighted by Gasteiger charge is 2.29. The molecule has 0 unspecified atom stereocenters. The number of Topliss-reactive ketones (excluding diaryl/α,β-unsaturated/α-hetero) is 1. The summed E-state index contributed by atoms with van der Waals surface area (Å²) in [7, 11) is 0. The largest absolute Gasteiger partial charge is 0.327 e. The Bertz CT molecular complexity index is 695. The SMILES string of the molecule is O=C(C[NH+]1CCC(C(=O)c2ccc(Cl)cc2)CC1)Nc1nccs1. The van der Waals surface area contributed by atoms with Crippen LogP contribution in [0.25, 0.3) is 0 Å². The minimum absolute atomic E-state index is 0.0255. The number of ketones is 1. The number of benzene rings is 1. The van der Waals surface area contributed by atoms with E-state index in [1.54, 1.807) is 30.5 Å². The van der Waals surface area contributed by atoms with Crippen molar-refractivity contribution in [3.05, 3.63) is 46.4 Å². The predicted molar refractivity (Wildman–Crippen MR) is 94.8 cm³/mol. The highest BCUT2D eigenvalue weighted by molar-refractivity contribution is 7.13. The summed E-state index contributed by atoms with van der Waals surface area (Å²) in [4.78, 5) is 29.8. The Morgan fingerprint density at radius 3 is 2.58 bits per heavy atom. The van der Waals surface area contributed by atoms with Crippen molar-refractivity contribution in [3.63, 3.8) is 0 Å². The highest BCUT2D eigenvalue weighted by Crippen LogP contribution is 2.18. The van der Waals surface area contributed by atoms with Gasteiger partial charge in [0, 0.05) is 40.9 Å². The van der Waals surface area contributed by atoms with E-state index in [9.17, 15) is 9.59 Å². The molecule has 0 radical (unpaired) electrons. The number of rotatable bonds is 5. The Morgan fingerprint density at radius 1 is 1.25 bits per heavy atom. The minimum Gasteiger partial charge on any atom is -0.327 e. The number of nitrogens with one attached hydrogen (secondary N) is 2. The van der Waals surface area contributed by atoms with Crippen LogP contribution in [0.15, 0.2) is 35.8 Å². The fourth-order valence-electron chi connectivity index (χ4n) is 2.99. The van der Waals surface area contributed by atoms with Crippen LogP contribution in [0, 0.1) is 5.92 Å². The van der Waals surface area contributed by atoms with Crippen LogP contribution in [-0.2, 0) is 4.79 Å². The molecule has 126 valence electrons. The van der Waals surface area contributed by atoms with Crippen LogP contribution < -0.4 is 10.2 Å². The molecule has 1 aliphatic rings. The molecule has 0 spiro atoms.